The summed E-state index contributed by atoms with van der Waals surface area (Å²) in [4.78, 5) is 29.8. The van der Waals surface area contributed by atoms with Gasteiger partial charge in [-0.15, -0.1) is 0 Å². The number of nitrogens with zero attached hydrogens (tertiary/aromatic N) is 1. The van der Waals surface area contributed by atoms with Crippen LogP contribution < -0.4 is 10.6 Å². The predicted octanol–water partition coefficient (Wildman–Crippen LogP) is 3.31. The smallest absolute Gasteiger partial charge is 0.350 e. The van der Waals surface area contributed by atoms with Gasteiger partial charge in [-0.25, -0.2) is 9.78 Å². The fourth-order valence-electron chi connectivity index (χ4n) is 3.08. The molecule has 1 fully saturated rings. The summed E-state index contributed by atoms with van der Waals surface area (Å²) in [5.41, 5.74) is 1.37. The van der Waals surface area contributed by atoms with E-state index in [2.05, 4.69) is 22.5 Å². The quantitative estimate of drug-likeness (QED) is 0.786. The molecule has 1 amide bonds. The maximum Gasteiger partial charge on any atom is 0.350 e. The summed E-state index contributed by atoms with van der Waals surface area (Å²) in [5, 5.41) is 6.67. The van der Waals surface area contributed by atoms with Crippen LogP contribution in [0, 0.1) is 5.92 Å². The topological polar surface area (TPSA) is 80.3 Å². The van der Waals surface area contributed by atoms with E-state index in [1.54, 1.807) is 6.92 Å². The molecule has 6 nitrogen and oxygen atoms in total. The Morgan fingerprint density at radius 2 is 2.12 bits per heavy atom. The van der Waals surface area contributed by atoms with Crippen LogP contribution in [-0.4, -0.2) is 36.1 Å². The number of aromatic nitrogens is 1. The van der Waals surface area contributed by atoms with Crippen molar-refractivity contribution in [2.24, 2.45) is 5.92 Å². The summed E-state index contributed by atoms with van der Waals surface area (Å²) in [5.74, 6) is -0.497. The fourth-order valence-corrected chi connectivity index (χ4v) is 3.96. The second kappa shape index (κ2) is 8.42. The highest BCUT2D eigenvalue weighted by Crippen LogP contribution is 2.32. The second-order valence-electron chi connectivity index (χ2n) is 6.35. The number of benzene rings is 1. The number of amides is 1. The van der Waals surface area contributed by atoms with Crippen molar-refractivity contribution >= 4 is 28.3 Å². The molecule has 2 N–H and O–H groups in total. The SMILES string of the molecule is CCOC(=O)c1sc(NC(=O)[C@H]2CCN[C@@H](C)C2)nc1-c1ccccc1. The standard InChI is InChI=1S/C19H23N3O3S/c1-3-25-18(24)16-15(13-7-5-4-6-8-13)21-19(26-16)22-17(23)14-9-10-20-12(2)11-14/h4-8,12,14,20H,3,9-11H2,1-2H3,(H,21,22,23)/t12-,14-/m0/s1. The van der Waals surface area contributed by atoms with E-state index in [-0.39, 0.29) is 11.8 Å². The number of anilines is 1. The third-order valence-corrected chi connectivity index (χ3v) is 5.31. The van der Waals surface area contributed by atoms with Crippen LogP contribution in [0.15, 0.2) is 30.3 Å². The van der Waals surface area contributed by atoms with Gasteiger partial charge in [0.25, 0.3) is 0 Å². The first-order chi connectivity index (χ1) is 12.6. The maximum atomic E-state index is 12.6. The van der Waals surface area contributed by atoms with Crippen molar-refractivity contribution in [3.8, 4) is 11.3 Å². The molecule has 0 aliphatic carbocycles. The number of hydrogen-bond acceptors (Lipinski definition) is 6. The number of ether oxygens (including phenoxy) is 1. The van der Waals surface area contributed by atoms with Crippen molar-refractivity contribution in [1.82, 2.24) is 10.3 Å². The summed E-state index contributed by atoms with van der Waals surface area (Å²) in [7, 11) is 0. The number of piperidine rings is 1. The summed E-state index contributed by atoms with van der Waals surface area (Å²) in [6.45, 7) is 4.97. The van der Waals surface area contributed by atoms with Crippen molar-refractivity contribution in [2.75, 3.05) is 18.5 Å². The minimum Gasteiger partial charge on any atom is -0.462 e. The predicted molar refractivity (Wildman–Crippen MR) is 102 cm³/mol. The van der Waals surface area contributed by atoms with Gasteiger partial charge in [-0.1, -0.05) is 41.7 Å². The van der Waals surface area contributed by atoms with Crippen LogP contribution in [-0.2, 0) is 9.53 Å². The molecule has 1 saturated heterocycles. The van der Waals surface area contributed by atoms with Crippen LogP contribution in [0.1, 0.15) is 36.4 Å². The van der Waals surface area contributed by atoms with E-state index >= 15 is 0 Å². The van der Waals surface area contributed by atoms with Crippen LogP contribution in [0.3, 0.4) is 0 Å². The average Bonchev–Trinajstić information content (AvgIpc) is 3.06. The number of hydrogen-bond donors (Lipinski definition) is 2. The molecule has 2 heterocycles. The molecule has 0 spiro atoms. The highest BCUT2D eigenvalue weighted by Gasteiger charge is 2.27. The number of esters is 1. The number of thiazole rings is 1. The van der Waals surface area contributed by atoms with Gasteiger partial charge in [0.1, 0.15) is 4.88 Å². The Morgan fingerprint density at radius 1 is 1.35 bits per heavy atom. The molecule has 0 unspecified atom stereocenters. The highest BCUT2D eigenvalue weighted by atomic mass is 32.1. The molecule has 0 bridgehead atoms. The first kappa shape index (κ1) is 18.5. The van der Waals surface area contributed by atoms with Gasteiger partial charge < -0.3 is 15.4 Å². The zero-order valence-electron chi connectivity index (χ0n) is 15.0. The van der Waals surface area contributed by atoms with E-state index < -0.39 is 5.97 Å². The summed E-state index contributed by atoms with van der Waals surface area (Å²) in [6.07, 6.45) is 1.60. The van der Waals surface area contributed by atoms with Gasteiger partial charge >= 0.3 is 5.97 Å². The maximum absolute atomic E-state index is 12.6. The number of nitrogens with one attached hydrogen (secondary N) is 2. The molecule has 1 aromatic carbocycles. The van der Waals surface area contributed by atoms with E-state index in [4.69, 9.17) is 4.74 Å². The minimum absolute atomic E-state index is 0.0397. The third-order valence-electron chi connectivity index (χ3n) is 4.36. The van der Waals surface area contributed by atoms with Crippen LogP contribution in [0.4, 0.5) is 5.13 Å². The van der Waals surface area contributed by atoms with Crippen molar-refractivity contribution in [1.29, 1.82) is 0 Å². The minimum atomic E-state index is -0.417. The van der Waals surface area contributed by atoms with Gasteiger partial charge in [-0.05, 0) is 33.2 Å². The van der Waals surface area contributed by atoms with Crippen molar-refractivity contribution < 1.29 is 14.3 Å². The van der Waals surface area contributed by atoms with Crippen molar-refractivity contribution in [3.63, 3.8) is 0 Å². The lowest BCUT2D eigenvalue weighted by Crippen LogP contribution is -2.40. The normalized spacial score (nSPS) is 19.8. The van der Waals surface area contributed by atoms with E-state index in [9.17, 15) is 9.59 Å². The lowest BCUT2D eigenvalue weighted by atomic mass is 9.92. The van der Waals surface area contributed by atoms with Crippen LogP contribution in [0.25, 0.3) is 11.3 Å². The first-order valence-electron chi connectivity index (χ1n) is 8.86. The third kappa shape index (κ3) is 4.28. The van der Waals surface area contributed by atoms with Gasteiger partial charge in [0, 0.05) is 17.5 Å². The Hall–Kier alpha value is -2.25. The monoisotopic (exact) mass is 373 g/mol. The lowest BCUT2D eigenvalue weighted by molar-refractivity contribution is -0.120. The highest BCUT2D eigenvalue weighted by molar-refractivity contribution is 7.18. The van der Waals surface area contributed by atoms with Crippen LogP contribution >= 0.6 is 11.3 Å². The average molecular weight is 373 g/mol. The Bertz CT molecular complexity index is 776. The fraction of sp³-hybridized carbons (Fsp3) is 0.421. The van der Waals surface area contributed by atoms with Gasteiger partial charge in [0.2, 0.25) is 5.91 Å². The molecule has 1 aliphatic heterocycles. The zero-order valence-corrected chi connectivity index (χ0v) is 15.8. The largest absolute Gasteiger partial charge is 0.462 e. The van der Waals surface area contributed by atoms with Gasteiger partial charge in [0.05, 0.1) is 12.3 Å². The number of rotatable bonds is 5. The number of carbonyl (C=O) groups is 2. The van der Waals surface area contributed by atoms with E-state index in [1.807, 2.05) is 30.3 Å². The van der Waals surface area contributed by atoms with Crippen LogP contribution in [0.2, 0.25) is 0 Å². The molecule has 1 aromatic heterocycles. The van der Waals surface area contributed by atoms with Crippen molar-refractivity contribution in [3.05, 3.63) is 35.2 Å². The molecule has 3 rings (SSSR count). The number of carbonyl (C=O) groups excluding carboxylic acids is 2. The molecule has 1 aliphatic rings. The zero-order chi connectivity index (χ0) is 18.5. The molecule has 2 aromatic rings. The van der Waals surface area contributed by atoms with Crippen molar-refractivity contribution in [2.45, 2.75) is 32.7 Å². The molecular weight excluding hydrogens is 350 g/mol. The second-order valence-corrected chi connectivity index (χ2v) is 7.35. The Morgan fingerprint density at radius 3 is 2.81 bits per heavy atom. The first-order valence-corrected chi connectivity index (χ1v) is 9.67. The van der Waals surface area contributed by atoms with Gasteiger partial charge in [-0.3, -0.25) is 4.79 Å². The molecule has 26 heavy (non-hydrogen) atoms. The molecule has 7 heteroatoms. The van der Waals surface area contributed by atoms with Crippen LogP contribution in [0.5, 0.6) is 0 Å². The van der Waals surface area contributed by atoms with Gasteiger partial charge in [-0.2, -0.15) is 0 Å². The lowest BCUT2D eigenvalue weighted by Gasteiger charge is -2.26. The summed E-state index contributed by atoms with van der Waals surface area (Å²) < 4.78 is 5.15. The van der Waals surface area contributed by atoms with E-state index in [0.717, 1.165) is 36.3 Å². The molecule has 0 saturated carbocycles. The Balaban J connectivity index is 1.83. The summed E-state index contributed by atoms with van der Waals surface area (Å²) >= 11 is 1.16. The van der Waals surface area contributed by atoms with Gasteiger partial charge in [0.15, 0.2) is 5.13 Å². The Labute approximate surface area is 157 Å². The molecule has 138 valence electrons. The summed E-state index contributed by atoms with van der Waals surface area (Å²) in [6, 6.07) is 9.78. The Kier molecular flexibility index (Phi) is 6.00. The molecule has 0 radical (unpaired) electrons. The molecular formula is C19H23N3O3S. The van der Waals surface area contributed by atoms with E-state index in [1.165, 1.54) is 0 Å². The molecule has 2 atom stereocenters. The van der Waals surface area contributed by atoms with E-state index in [0.29, 0.717) is 28.4 Å².